The Kier molecular flexibility index (Phi) is 17.5. The largest absolute Gasteiger partial charge is 0.746 e. The number of rotatable bonds is 20. The van der Waals surface area contributed by atoms with E-state index in [9.17, 15) is 14.3 Å². The van der Waals surface area contributed by atoms with Crippen LogP contribution in [0.2, 0.25) is 0 Å². The van der Waals surface area contributed by atoms with Gasteiger partial charge in [-0.05, 0) is 32.1 Å². The first-order chi connectivity index (χ1) is 14.2. The first kappa shape index (κ1) is 29.3. The highest BCUT2D eigenvalue weighted by atomic mass is 31.2. The Labute approximate surface area is 185 Å². The Morgan fingerprint density at radius 3 is 1.90 bits per heavy atom. The molecule has 178 valence electrons. The van der Waals surface area contributed by atoms with Crippen molar-refractivity contribution in [3.05, 3.63) is 12.2 Å². The highest BCUT2D eigenvalue weighted by Crippen LogP contribution is 2.38. The Morgan fingerprint density at radius 1 is 0.867 bits per heavy atom. The maximum atomic E-state index is 11.7. The van der Waals surface area contributed by atoms with Gasteiger partial charge in [0.15, 0.2) is 0 Å². The minimum Gasteiger partial charge on any atom is -0.746 e. The van der Waals surface area contributed by atoms with Gasteiger partial charge < -0.3 is 18.4 Å². The summed E-state index contributed by atoms with van der Waals surface area (Å²) in [6.45, 7) is 2.76. The number of allylic oxidation sites excluding steroid dienone is 2. The normalized spacial score (nSPS) is 14.2. The molecular formula is C23H46NO5P. The van der Waals surface area contributed by atoms with Gasteiger partial charge in [0.2, 0.25) is 0 Å². The van der Waals surface area contributed by atoms with Gasteiger partial charge in [-0.2, -0.15) is 0 Å². The van der Waals surface area contributed by atoms with E-state index in [0.29, 0.717) is 17.4 Å². The predicted molar refractivity (Wildman–Crippen MR) is 122 cm³/mol. The second-order valence-corrected chi connectivity index (χ2v) is 10.4. The monoisotopic (exact) mass is 447 g/mol. The van der Waals surface area contributed by atoms with Crippen LogP contribution in [-0.4, -0.2) is 44.7 Å². The maximum Gasteiger partial charge on any atom is 0.322 e. The van der Waals surface area contributed by atoms with E-state index in [1.807, 2.05) is 21.1 Å². The Balaban J connectivity index is 3.54. The molecule has 0 N–H and O–H groups in total. The third-order valence-corrected chi connectivity index (χ3v) is 5.79. The quantitative estimate of drug-likeness (QED) is 0.103. The molecule has 1 unspecified atom stereocenters. The summed E-state index contributed by atoms with van der Waals surface area (Å²) in [5, 5.41) is 0. The second kappa shape index (κ2) is 17.9. The summed E-state index contributed by atoms with van der Waals surface area (Å²) < 4.78 is 21.4. The van der Waals surface area contributed by atoms with Crippen LogP contribution < -0.4 is 4.89 Å². The van der Waals surface area contributed by atoms with Gasteiger partial charge in [0.05, 0.1) is 21.1 Å². The fourth-order valence-corrected chi connectivity index (χ4v) is 3.66. The third-order valence-electron chi connectivity index (χ3n) is 4.87. The van der Waals surface area contributed by atoms with E-state index in [0.717, 1.165) is 32.1 Å². The molecule has 0 radical (unpaired) electrons. The molecule has 0 aromatic rings. The van der Waals surface area contributed by atoms with Crippen LogP contribution >= 0.6 is 7.82 Å². The standard InChI is InChI=1S/C23H46NO5P/c1-5-6-7-8-9-10-11-12-13-14-15-16-17-18-19-20-23(25)29-30(26,27)28-22-21-24(2,3)4/h12-13H,5-11,14-22H2,1-4H3/b13-12+. The van der Waals surface area contributed by atoms with Crippen LogP contribution in [0.5, 0.6) is 0 Å². The molecule has 30 heavy (non-hydrogen) atoms. The lowest BCUT2D eigenvalue weighted by Crippen LogP contribution is -2.37. The molecule has 0 aromatic heterocycles. The van der Waals surface area contributed by atoms with E-state index in [-0.39, 0.29) is 13.0 Å². The van der Waals surface area contributed by atoms with E-state index in [1.165, 1.54) is 44.9 Å². The molecule has 0 aromatic carbocycles. The SMILES string of the molecule is CCCCCCCC/C=C/CCCCCCCC(=O)OP(=O)([O-])OCC[N+](C)(C)C. The summed E-state index contributed by atoms with van der Waals surface area (Å²) in [7, 11) is 1.24. The molecule has 0 heterocycles. The van der Waals surface area contributed by atoms with Gasteiger partial charge in [0.25, 0.3) is 0 Å². The van der Waals surface area contributed by atoms with Crippen LogP contribution in [0.15, 0.2) is 12.2 Å². The van der Waals surface area contributed by atoms with Crippen LogP contribution in [0.3, 0.4) is 0 Å². The molecule has 0 amide bonds. The minimum atomic E-state index is -4.54. The maximum absolute atomic E-state index is 11.7. The molecule has 0 saturated carbocycles. The zero-order valence-electron chi connectivity index (χ0n) is 19.9. The van der Waals surface area contributed by atoms with Crippen LogP contribution in [0.25, 0.3) is 0 Å². The predicted octanol–water partition coefficient (Wildman–Crippen LogP) is 5.76. The Hall–Kier alpha value is -0.680. The van der Waals surface area contributed by atoms with Crippen molar-refractivity contribution in [3.63, 3.8) is 0 Å². The number of carbonyl (C=O) groups excluding carboxylic acids is 1. The van der Waals surface area contributed by atoms with Crippen molar-refractivity contribution in [3.8, 4) is 0 Å². The minimum absolute atomic E-state index is 0.00492. The zero-order chi connectivity index (χ0) is 22.7. The Bertz CT molecular complexity index is 502. The molecule has 1 atom stereocenters. The van der Waals surface area contributed by atoms with Gasteiger partial charge in [0, 0.05) is 6.42 Å². The number of phosphoric ester groups is 1. The lowest BCUT2D eigenvalue weighted by Gasteiger charge is -2.26. The average Bonchev–Trinajstić information content (AvgIpc) is 2.63. The highest BCUT2D eigenvalue weighted by molar-refractivity contribution is 7.46. The van der Waals surface area contributed by atoms with Gasteiger partial charge in [-0.1, -0.05) is 70.4 Å². The van der Waals surface area contributed by atoms with Crippen molar-refractivity contribution in [1.29, 1.82) is 0 Å². The topological polar surface area (TPSA) is 75.7 Å². The molecule has 6 nitrogen and oxygen atoms in total. The number of hydrogen-bond acceptors (Lipinski definition) is 5. The molecule has 0 spiro atoms. The van der Waals surface area contributed by atoms with Gasteiger partial charge in [-0.15, -0.1) is 0 Å². The summed E-state index contributed by atoms with van der Waals surface area (Å²) in [6, 6.07) is 0. The summed E-state index contributed by atoms with van der Waals surface area (Å²) in [5.74, 6) is -0.726. The van der Waals surface area contributed by atoms with E-state index in [2.05, 4.69) is 23.6 Å². The fourth-order valence-electron chi connectivity index (χ4n) is 2.96. The smallest absolute Gasteiger partial charge is 0.322 e. The fraction of sp³-hybridized carbons (Fsp3) is 0.870. The van der Waals surface area contributed by atoms with Crippen LogP contribution in [-0.2, 0) is 18.4 Å². The van der Waals surface area contributed by atoms with Crippen molar-refractivity contribution in [2.75, 3.05) is 34.3 Å². The molecule has 0 aliphatic rings. The van der Waals surface area contributed by atoms with Crippen molar-refractivity contribution in [1.82, 2.24) is 0 Å². The second-order valence-electron chi connectivity index (χ2n) is 9.09. The number of quaternary nitrogens is 1. The van der Waals surface area contributed by atoms with Crippen LogP contribution in [0.1, 0.15) is 96.8 Å². The van der Waals surface area contributed by atoms with Gasteiger partial charge in [-0.3, -0.25) is 9.36 Å². The summed E-state index contributed by atoms with van der Waals surface area (Å²) >= 11 is 0. The van der Waals surface area contributed by atoms with Crippen molar-refractivity contribution >= 4 is 13.8 Å². The molecule has 0 aliphatic carbocycles. The number of hydrogen-bond donors (Lipinski definition) is 0. The van der Waals surface area contributed by atoms with Gasteiger partial charge in [0.1, 0.15) is 13.2 Å². The van der Waals surface area contributed by atoms with Crippen molar-refractivity contribution in [2.45, 2.75) is 96.8 Å². The Morgan fingerprint density at radius 2 is 1.37 bits per heavy atom. The third kappa shape index (κ3) is 22.0. The van der Waals surface area contributed by atoms with Gasteiger partial charge in [-0.25, -0.2) is 0 Å². The molecular weight excluding hydrogens is 401 g/mol. The van der Waals surface area contributed by atoms with E-state index >= 15 is 0 Å². The lowest BCUT2D eigenvalue weighted by atomic mass is 10.1. The molecule has 0 aliphatic heterocycles. The number of nitrogens with zero attached hydrogens (tertiary/aromatic N) is 1. The number of phosphoric acid groups is 1. The molecule has 7 heteroatoms. The highest BCUT2D eigenvalue weighted by Gasteiger charge is 2.17. The number of unbranched alkanes of at least 4 members (excludes halogenated alkanes) is 11. The zero-order valence-corrected chi connectivity index (χ0v) is 20.8. The lowest BCUT2D eigenvalue weighted by molar-refractivity contribution is -0.870. The average molecular weight is 448 g/mol. The first-order valence-corrected chi connectivity index (χ1v) is 13.3. The first-order valence-electron chi connectivity index (χ1n) is 11.8. The number of likely N-dealkylation sites (N-methyl/N-ethyl adjacent to an activating group) is 1. The summed E-state index contributed by atoms with van der Waals surface area (Å²) in [5.41, 5.74) is 0. The molecule has 0 fully saturated rings. The van der Waals surface area contributed by atoms with Crippen LogP contribution in [0, 0.1) is 0 Å². The summed E-state index contributed by atoms with van der Waals surface area (Å²) in [6.07, 6.45) is 19.9. The van der Waals surface area contributed by atoms with E-state index in [4.69, 9.17) is 4.52 Å². The molecule has 0 bridgehead atoms. The van der Waals surface area contributed by atoms with Gasteiger partial charge >= 0.3 is 13.8 Å². The molecule has 0 saturated heterocycles. The van der Waals surface area contributed by atoms with Crippen LogP contribution in [0.4, 0.5) is 0 Å². The van der Waals surface area contributed by atoms with E-state index < -0.39 is 13.8 Å². The molecule has 0 rings (SSSR count). The van der Waals surface area contributed by atoms with Crippen molar-refractivity contribution < 1.29 is 27.8 Å². The van der Waals surface area contributed by atoms with Crippen molar-refractivity contribution in [2.24, 2.45) is 0 Å². The van der Waals surface area contributed by atoms with E-state index in [1.54, 1.807) is 0 Å². The number of carbonyl (C=O) groups is 1. The summed E-state index contributed by atoms with van der Waals surface area (Å²) in [4.78, 5) is 23.3.